The Morgan fingerprint density at radius 1 is 0.950 bits per heavy atom. The van der Waals surface area contributed by atoms with Gasteiger partial charge in [-0.2, -0.15) is 0 Å². The Kier molecular flexibility index (Phi) is 4.58. The second kappa shape index (κ2) is 5.51. The third kappa shape index (κ3) is 4.03. The van der Waals surface area contributed by atoms with Gasteiger partial charge < -0.3 is 0 Å². The minimum absolute atomic E-state index is 0.0159. The molecule has 0 aliphatic carbocycles. The fourth-order valence-electron chi connectivity index (χ4n) is 2.20. The van der Waals surface area contributed by atoms with Gasteiger partial charge >= 0.3 is 0 Å². The summed E-state index contributed by atoms with van der Waals surface area (Å²) < 4.78 is 0. The molecule has 20 heavy (non-hydrogen) atoms. The molecule has 0 radical (unpaired) electrons. The van der Waals surface area contributed by atoms with Gasteiger partial charge in [0.05, 0.1) is 6.42 Å². The molecular weight excluding hydrogens is 248 g/mol. The zero-order valence-corrected chi connectivity index (χ0v) is 13.8. The summed E-state index contributed by atoms with van der Waals surface area (Å²) in [6.07, 6.45) is -0.0159. The molecule has 0 fully saturated rings. The quantitative estimate of drug-likeness (QED) is 0.603. The minimum atomic E-state index is -0.122. The molecule has 0 heterocycles. The second-order valence-electron chi connectivity index (χ2n) is 7.56. The lowest BCUT2D eigenvalue weighted by Gasteiger charge is -2.27. The Labute approximate surface area is 122 Å². The minimum Gasteiger partial charge on any atom is -0.300 e. The van der Waals surface area contributed by atoms with Crippen molar-refractivity contribution >= 4 is 11.6 Å². The van der Waals surface area contributed by atoms with Crippen LogP contribution in [0.25, 0.3) is 0 Å². The first kappa shape index (κ1) is 16.6. The molecule has 2 nitrogen and oxygen atoms in total. The molecule has 0 aliphatic heterocycles. The third-order valence-corrected chi connectivity index (χ3v) is 3.40. The van der Waals surface area contributed by atoms with E-state index in [9.17, 15) is 9.59 Å². The van der Waals surface area contributed by atoms with Crippen molar-refractivity contribution in [3.05, 3.63) is 34.9 Å². The first-order valence-corrected chi connectivity index (χ1v) is 7.10. The summed E-state index contributed by atoms with van der Waals surface area (Å²) in [6, 6.07) is 6.00. The van der Waals surface area contributed by atoms with E-state index in [1.165, 1.54) is 12.5 Å². The van der Waals surface area contributed by atoms with Crippen LogP contribution in [0.3, 0.4) is 0 Å². The molecule has 1 aromatic rings. The Morgan fingerprint density at radius 3 is 1.90 bits per heavy atom. The molecule has 0 amide bonds. The normalized spacial score (nSPS) is 12.3. The van der Waals surface area contributed by atoms with Crippen LogP contribution in [0.5, 0.6) is 0 Å². The van der Waals surface area contributed by atoms with Gasteiger partial charge in [-0.05, 0) is 28.9 Å². The Bertz CT molecular complexity index is 525. The maximum atomic E-state index is 12.3. The highest BCUT2D eigenvalue weighted by Crippen LogP contribution is 2.32. The molecule has 1 aromatic carbocycles. The van der Waals surface area contributed by atoms with E-state index in [0.717, 1.165) is 5.56 Å². The zero-order chi connectivity index (χ0) is 15.7. The number of carbonyl (C=O) groups excluding carboxylic acids is 2. The van der Waals surface area contributed by atoms with Gasteiger partial charge in [0.1, 0.15) is 5.78 Å². The largest absolute Gasteiger partial charge is 0.300 e. The van der Waals surface area contributed by atoms with Gasteiger partial charge in [-0.1, -0.05) is 59.7 Å². The molecule has 2 heteroatoms. The predicted octanol–water partition coefficient (Wildman–Crippen LogP) is 4.44. The van der Waals surface area contributed by atoms with Crippen molar-refractivity contribution in [2.45, 2.75) is 65.7 Å². The monoisotopic (exact) mass is 274 g/mol. The summed E-state index contributed by atoms with van der Waals surface area (Å²) >= 11 is 0. The maximum Gasteiger partial charge on any atom is 0.170 e. The number of hydrogen-bond acceptors (Lipinski definition) is 2. The topological polar surface area (TPSA) is 34.1 Å². The lowest BCUT2D eigenvalue weighted by molar-refractivity contribution is -0.116. The highest BCUT2D eigenvalue weighted by atomic mass is 16.1. The molecule has 0 spiro atoms. The number of rotatable bonds is 3. The standard InChI is InChI=1S/C18H26O2/c1-12(19)10-16(20)14-9-8-13(17(2,3)4)11-15(14)18(5,6)7/h8-9,11H,10H2,1-7H3. The Morgan fingerprint density at radius 2 is 1.50 bits per heavy atom. The van der Waals surface area contributed by atoms with Crippen molar-refractivity contribution < 1.29 is 9.59 Å². The van der Waals surface area contributed by atoms with Gasteiger partial charge in [0.25, 0.3) is 0 Å². The predicted molar refractivity (Wildman–Crippen MR) is 83.5 cm³/mol. The van der Waals surface area contributed by atoms with E-state index in [1.807, 2.05) is 12.1 Å². The van der Waals surface area contributed by atoms with Crippen molar-refractivity contribution in [1.82, 2.24) is 0 Å². The van der Waals surface area contributed by atoms with Crippen LogP contribution in [0.1, 0.15) is 76.4 Å². The lowest BCUT2D eigenvalue weighted by atomic mass is 9.77. The fraction of sp³-hybridized carbons (Fsp3) is 0.556. The molecule has 0 aliphatic rings. The summed E-state index contributed by atoms with van der Waals surface area (Å²) in [5.74, 6) is -0.169. The maximum absolute atomic E-state index is 12.3. The van der Waals surface area contributed by atoms with Crippen LogP contribution >= 0.6 is 0 Å². The molecule has 0 atom stereocenters. The number of Topliss-reactive ketones (excluding diaryl/α,β-unsaturated/α-hetero) is 2. The lowest BCUT2D eigenvalue weighted by Crippen LogP contribution is -2.21. The third-order valence-electron chi connectivity index (χ3n) is 3.40. The van der Waals surface area contributed by atoms with E-state index in [-0.39, 0.29) is 28.8 Å². The molecule has 0 saturated carbocycles. The SMILES string of the molecule is CC(=O)CC(=O)c1ccc(C(C)(C)C)cc1C(C)(C)C. The first-order valence-electron chi connectivity index (χ1n) is 7.10. The van der Waals surface area contributed by atoms with Gasteiger partial charge in [-0.25, -0.2) is 0 Å². The van der Waals surface area contributed by atoms with E-state index in [1.54, 1.807) is 0 Å². The van der Waals surface area contributed by atoms with Gasteiger partial charge in [-0.3, -0.25) is 9.59 Å². The first-order chi connectivity index (χ1) is 8.93. The number of hydrogen-bond donors (Lipinski definition) is 0. The van der Waals surface area contributed by atoms with Gasteiger partial charge in [0.15, 0.2) is 5.78 Å². The van der Waals surface area contributed by atoms with Crippen LogP contribution in [0, 0.1) is 0 Å². The van der Waals surface area contributed by atoms with E-state index >= 15 is 0 Å². The molecule has 0 bridgehead atoms. The number of benzene rings is 1. The molecule has 0 saturated heterocycles. The average Bonchev–Trinajstić information content (AvgIpc) is 2.24. The van der Waals surface area contributed by atoms with Crippen LogP contribution in [-0.2, 0) is 15.6 Å². The van der Waals surface area contributed by atoms with E-state index < -0.39 is 0 Å². The van der Waals surface area contributed by atoms with Crippen molar-refractivity contribution in [1.29, 1.82) is 0 Å². The van der Waals surface area contributed by atoms with E-state index in [2.05, 4.69) is 47.6 Å². The average molecular weight is 274 g/mol. The second-order valence-corrected chi connectivity index (χ2v) is 7.56. The van der Waals surface area contributed by atoms with Crippen molar-refractivity contribution in [3.63, 3.8) is 0 Å². The van der Waals surface area contributed by atoms with Crippen LogP contribution in [0.4, 0.5) is 0 Å². The van der Waals surface area contributed by atoms with Crippen LogP contribution < -0.4 is 0 Å². The Balaban J connectivity index is 3.39. The van der Waals surface area contributed by atoms with Gasteiger partial charge in [-0.15, -0.1) is 0 Å². The molecular formula is C18H26O2. The van der Waals surface area contributed by atoms with Gasteiger partial charge in [0.2, 0.25) is 0 Å². The van der Waals surface area contributed by atoms with E-state index in [0.29, 0.717) is 5.56 Å². The summed E-state index contributed by atoms with van der Waals surface area (Å²) in [5.41, 5.74) is 2.84. The molecule has 0 unspecified atom stereocenters. The summed E-state index contributed by atoms with van der Waals surface area (Å²) in [4.78, 5) is 23.5. The summed E-state index contributed by atoms with van der Waals surface area (Å²) in [6.45, 7) is 14.2. The van der Waals surface area contributed by atoms with Crippen LogP contribution in [0.2, 0.25) is 0 Å². The van der Waals surface area contributed by atoms with Crippen LogP contribution in [-0.4, -0.2) is 11.6 Å². The van der Waals surface area contributed by atoms with E-state index in [4.69, 9.17) is 0 Å². The van der Waals surface area contributed by atoms with Crippen LogP contribution in [0.15, 0.2) is 18.2 Å². The molecule has 0 N–H and O–H groups in total. The highest BCUT2D eigenvalue weighted by Gasteiger charge is 2.25. The smallest absolute Gasteiger partial charge is 0.170 e. The number of ketones is 2. The number of carbonyl (C=O) groups is 2. The van der Waals surface area contributed by atoms with Crippen molar-refractivity contribution in [2.24, 2.45) is 0 Å². The summed E-state index contributed by atoms with van der Waals surface area (Å²) in [5, 5.41) is 0. The Hall–Kier alpha value is -1.44. The molecule has 110 valence electrons. The van der Waals surface area contributed by atoms with Gasteiger partial charge in [0, 0.05) is 5.56 Å². The highest BCUT2D eigenvalue weighted by molar-refractivity contribution is 6.08. The fourth-order valence-corrected chi connectivity index (χ4v) is 2.20. The van der Waals surface area contributed by atoms with Crippen molar-refractivity contribution in [2.75, 3.05) is 0 Å². The van der Waals surface area contributed by atoms with Crippen molar-refractivity contribution in [3.8, 4) is 0 Å². The molecule has 0 aromatic heterocycles. The molecule has 1 rings (SSSR count). The zero-order valence-electron chi connectivity index (χ0n) is 13.8. The summed E-state index contributed by atoms with van der Waals surface area (Å²) in [7, 11) is 0.